The predicted octanol–water partition coefficient (Wildman–Crippen LogP) is 2.76. The topological polar surface area (TPSA) is 37.4 Å². The van der Waals surface area contributed by atoms with Gasteiger partial charge in [-0.25, -0.2) is 8.42 Å². The molecule has 0 aromatic carbocycles. The van der Waals surface area contributed by atoms with Gasteiger partial charge in [0.25, 0.3) is 10.0 Å². The summed E-state index contributed by atoms with van der Waals surface area (Å²) >= 11 is 10.00. The number of halogens is 2. The Hall–Kier alpha value is 0.380. The fourth-order valence-electron chi connectivity index (χ4n) is 1.12. The van der Waals surface area contributed by atoms with E-state index in [1.165, 1.54) is 15.6 Å². The zero-order valence-electron chi connectivity index (χ0n) is 8.11. The van der Waals surface area contributed by atoms with E-state index in [4.69, 9.17) is 11.6 Å². The molecule has 0 aliphatic carbocycles. The SMILES string of the molecule is CCN(CCCl)S(=O)(=O)c1sccc1Br. The van der Waals surface area contributed by atoms with E-state index >= 15 is 0 Å². The smallest absolute Gasteiger partial charge is 0.206 e. The number of sulfonamides is 1. The molecule has 7 heteroatoms. The minimum atomic E-state index is -3.38. The van der Waals surface area contributed by atoms with E-state index < -0.39 is 10.0 Å². The molecule has 0 aliphatic rings. The van der Waals surface area contributed by atoms with E-state index in [2.05, 4.69) is 15.9 Å². The van der Waals surface area contributed by atoms with Crippen LogP contribution in [0.5, 0.6) is 0 Å². The van der Waals surface area contributed by atoms with Crippen LogP contribution in [0.25, 0.3) is 0 Å². The van der Waals surface area contributed by atoms with Crippen LogP contribution in [0.3, 0.4) is 0 Å². The normalized spacial score (nSPS) is 12.3. The molecule has 1 aromatic rings. The van der Waals surface area contributed by atoms with Crippen molar-refractivity contribution >= 4 is 48.9 Å². The van der Waals surface area contributed by atoms with Gasteiger partial charge in [0, 0.05) is 23.4 Å². The van der Waals surface area contributed by atoms with Crippen molar-refractivity contribution < 1.29 is 8.42 Å². The maximum atomic E-state index is 12.1. The van der Waals surface area contributed by atoms with Crippen LogP contribution < -0.4 is 0 Å². The van der Waals surface area contributed by atoms with Crippen LogP contribution in [0.2, 0.25) is 0 Å². The second kappa shape index (κ2) is 5.63. The van der Waals surface area contributed by atoms with Crippen molar-refractivity contribution in [3.05, 3.63) is 15.9 Å². The van der Waals surface area contributed by atoms with Crippen molar-refractivity contribution in [2.24, 2.45) is 0 Å². The third-order valence-corrected chi connectivity index (χ3v) is 6.64. The summed E-state index contributed by atoms with van der Waals surface area (Å²) in [6.45, 7) is 2.57. The second-order valence-electron chi connectivity index (χ2n) is 2.74. The molecule has 86 valence electrons. The van der Waals surface area contributed by atoms with Crippen LogP contribution in [0, 0.1) is 0 Å². The predicted molar refractivity (Wildman–Crippen MR) is 67.2 cm³/mol. The van der Waals surface area contributed by atoms with Crippen molar-refractivity contribution in [2.75, 3.05) is 19.0 Å². The highest BCUT2D eigenvalue weighted by molar-refractivity contribution is 9.10. The third kappa shape index (κ3) is 2.94. The Morgan fingerprint density at radius 2 is 2.27 bits per heavy atom. The largest absolute Gasteiger partial charge is 0.253 e. The Bertz CT molecular complexity index is 418. The summed E-state index contributed by atoms with van der Waals surface area (Å²) in [6, 6.07) is 1.73. The molecule has 0 bridgehead atoms. The quantitative estimate of drug-likeness (QED) is 0.778. The lowest BCUT2D eigenvalue weighted by molar-refractivity contribution is 0.448. The van der Waals surface area contributed by atoms with Crippen molar-refractivity contribution in [3.8, 4) is 0 Å². The van der Waals surface area contributed by atoms with Gasteiger partial charge in [-0.2, -0.15) is 4.31 Å². The first-order chi connectivity index (χ1) is 7.04. The van der Waals surface area contributed by atoms with Gasteiger partial charge in [-0.15, -0.1) is 22.9 Å². The molecule has 0 unspecified atom stereocenters. The standard InChI is InChI=1S/C8H11BrClNO2S2/c1-2-11(5-4-10)15(12,13)8-7(9)3-6-14-8/h3,6H,2,4-5H2,1H3. The van der Waals surface area contributed by atoms with Crippen molar-refractivity contribution in [1.29, 1.82) is 0 Å². The summed E-state index contributed by atoms with van der Waals surface area (Å²) in [5.74, 6) is 0.302. The highest BCUT2D eigenvalue weighted by Gasteiger charge is 2.25. The molecule has 0 spiro atoms. The Labute approximate surface area is 107 Å². The first-order valence-corrected chi connectivity index (χ1v) is 7.97. The van der Waals surface area contributed by atoms with Crippen LogP contribution in [0.15, 0.2) is 20.1 Å². The summed E-state index contributed by atoms with van der Waals surface area (Å²) in [5, 5.41) is 1.74. The summed E-state index contributed by atoms with van der Waals surface area (Å²) in [7, 11) is -3.38. The van der Waals surface area contributed by atoms with Crippen molar-refractivity contribution in [2.45, 2.75) is 11.1 Å². The average Bonchev–Trinajstić information content (AvgIpc) is 2.61. The molecule has 0 saturated heterocycles. The van der Waals surface area contributed by atoms with Gasteiger partial charge in [0.05, 0.1) is 0 Å². The van der Waals surface area contributed by atoms with Crippen LogP contribution in [-0.2, 0) is 10.0 Å². The molecule has 3 nitrogen and oxygen atoms in total. The van der Waals surface area contributed by atoms with Crippen LogP contribution in [-0.4, -0.2) is 31.7 Å². The molecule has 0 N–H and O–H groups in total. The summed E-state index contributed by atoms with van der Waals surface area (Å²) < 4.78 is 26.5. The fraction of sp³-hybridized carbons (Fsp3) is 0.500. The molecule has 1 rings (SSSR count). The minimum absolute atomic E-state index is 0.302. The van der Waals surface area contributed by atoms with Gasteiger partial charge < -0.3 is 0 Å². The number of thiophene rings is 1. The van der Waals surface area contributed by atoms with Crippen LogP contribution >= 0.6 is 38.9 Å². The third-order valence-electron chi connectivity index (χ3n) is 1.85. The summed E-state index contributed by atoms with van der Waals surface area (Å²) in [6.07, 6.45) is 0. The highest BCUT2D eigenvalue weighted by atomic mass is 79.9. The minimum Gasteiger partial charge on any atom is -0.206 e. The molecule has 0 fully saturated rings. The van der Waals surface area contributed by atoms with E-state index in [1.807, 2.05) is 0 Å². The molecule has 1 heterocycles. The Balaban J connectivity index is 3.06. The highest BCUT2D eigenvalue weighted by Crippen LogP contribution is 2.30. The van der Waals surface area contributed by atoms with Gasteiger partial charge in [-0.05, 0) is 27.4 Å². The Kier molecular flexibility index (Phi) is 5.05. The van der Waals surface area contributed by atoms with Gasteiger partial charge in [0.2, 0.25) is 0 Å². The number of hydrogen-bond acceptors (Lipinski definition) is 3. The monoisotopic (exact) mass is 331 g/mol. The van der Waals surface area contributed by atoms with Crippen molar-refractivity contribution in [1.82, 2.24) is 4.31 Å². The first kappa shape index (κ1) is 13.4. The van der Waals surface area contributed by atoms with Gasteiger partial charge >= 0.3 is 0 Å². The zero-order chi connectivity index (χ0) is 11.5. The zero-order valence-corrected chi connectivity index (χ0v) is 12.1. The van der Waals surface area contributed by atoms with E-state index in [0.29, 0.717) is 27.7 Å². The van der Waals surface area contributed by atoms with E-state index in [-0.39, 0.29) is 0 Å². The number of alkyl halides is 1. The molecular weight excluding hydrogens is 322 g/mol. The lowest BCUT2D eigenvalue weighted by atomic mass is 10.7. The second-order valence-corrected chi connectivity index (χ2v) is 7.02. The van der Waals surface area contributed by atoms with Gasteiger partial charge in [-0.1, -0.05) is 6.92 Å². The van der Waals surface area contributed by atoms with E-state index in [0.717, 1.165) is 0 Å². The van der Waals surface area contributed by atoms with Gasteiger partial charge in [-0.3, -0.25) is 0 Å². The molecular formula is C8H11BrClNO2S2. The number of nitrogens with zero attached hydrogens (tertiary/aromatic N) is 1. The molecule has 0 amide bonds. The average molecular weight is 333 g/mol. The molecule has 0 saturated carbocycles. The molecule has 0 aliphatic heterocycles. The summed E-state index contributed by atoms with van der Waals surface area (Å²) in [5.41, 5.74) is 0. The van der Waals surface area contributed by atoms with Crippen LogP contribution in [0.4, 0.5) is 0 Å². The number of rotatable bonds is 5. The van der Waals surface area contributed by atoms with Crippen LogP contribution in [0.1, 0.15) is 6.92 Å². The Morgan fingerprint density at radius 3 is 2.67 bits per heavy atom. The lowest BCUT2D eigenvalue weighted by Gasteiger charge is -2.18. The Morgan fingerprint density at radius 1 is 1.60 bits per heavy atom. The van der Waals surface area contributed by atoms with E-state index in [1.54, 1.807) is 18.4 Å². The lowest BCUT2D eigenvalue weighted by Crippen LogP contribution is -2.32. The summed E-state index contributed by atoms with van der Waals surface area (Å²) in [4.78, 5) is 0. The number of hydrogen-bond donors (Lipinski definition) is 0. The van der Waals surface area contributed by atoms with Gasteiger partial charge in [0.15, 0.2) is 0 Å². The fourth-order valence-corrected chi connectivity index (χ4v) is 5.33. The molecule has 15 heavy (non-hydrogen) atoms. The molecule has 0 radical (unpaired) electrons. The molecule has 0 atom stereocenters. The van der Waals surface area contributed by atoms with Crippen molar-refractivity contribution in [3.63, 3.8) is 0 Å². The maximum Gasteiger partial charge on any atom is 0.253 e. The van der Waals surface area contributed by atoms with E-state index in [9.17, 15) is 8.42 Å². The maximum absolute atomic E-state index is 12.1. The molecule has 1 aromatic heterocycles. The van der Waals surface area contributed by atoms with Gasteiger partial charge in [0.1, 0.15) is 4.21 Å². The first-order valence-electron chi connectivity index (χ1n) is 4.33.